The van der Waals surface area contributed by atoms with E-state index < -0.39 is 0 Å². The summed E-state index contributed by atoms with van der Waals surface area (Å²) in [5.74, 6) is -0.174. The standard InChI is InChI=1S/C16H18BrN3O/c1-10-13(17)5-4-6-14(10)19-16(21)12-9-11(18)7-8-15(12)20(2)3/h4-9H,18H2,1-3H3,(H,19,21). The normalized spacial score (nSPS) is 10.3. The zero-order valence-electron chi connectivity index (χ0n) is 12.3. The van der Waals surface area contributed by atoms with Crippen LogP contribution in [0.4, 0.5) is 17.1 Å². The average molecular weight is 348 g/mol. The molecule has 0 atom stereocenters. The van der Waals surface area contributed by atoms with Crippen LogP contribution in [0.5, 0.6) is 0 Å². The number of halogens is 1. The lowest BCUT2D eigenvalue weighted by molar-refractivity contribution is 0.102. The number of hydrogen-bond donors (Lipinski definition) is 2. The average Bonchev–Trinajstić information content (AvgIpc) is 2.43. The number of hydrogen-bond acceptors (Lipinski definition) is 3. The zero-order valence-corrected chi connectivity index (χ0v) is 13.9. The molecular weight excluding hydrogens is 330 g/mol. The first-order valence-electron chi connectivity index (χ1n) is 6.53. The fraction of sp³-hybridized carbons (Fsp3) is 0.188. The Labute approximate surface area is 133 Å². The van der Waals surface area contributed by atoms with Crippen molar-refractivity contribution < 1.29 is 4.79 Å². The van der Waals surface area contributed by atoms with Crippen molar-refractivity contribution in [3.05, 3.63) is 52.0 Å². The van der Waals surface area contributed by atoms with Crippen LogP contribution in [0.1, 0.15) is 15.9 Å². The number of anilines is 3. The molecule has 0 spiro atoms. The number of nitrogen functional groups attached to an aromatic ring is 1. The number of carbonyl (C=O) groups excluding carboxylic acids is 1. The highest BCUT2D eigenvalue weighted by molar-refractivity contribution is 9.10. The second kappa shape index (κ2) is 6.18. The quantitative estimate of drug-likeness (QED) is 0.833. The van der Waals surface area contributed by atoms with Crippen LogP contribution in [0.15, 0.2) is 40.9 Å². The van der Waals surface area contributed by atoms with Gasteiger partial charge in [0.1, 0.15) is 0 Å². The predicted molar refractivity (Wildman–Crippen MR) is 92.0 cm³/mol. The van der Waals surface area contributed by atoms with Crippen molar-refractivity contribution in [3.63, 3.8) is 0 Å². The van der Waals surface area contributed by atoms with Gasteiger partial charge in [0.25, 0.3) is 5.91 Å². The maximum absolute atomic E-state index is 12.5. The molecule has 110 valence electrons. The molecule has 0 aromatic heterocycles. The Morgan fingerprint density at radius 2 is 1.95 bits per heavy atom. The molecular formula is C16H18BrN3O. The molecule has 0 bridgehead atoms. The molecule has 3 N–H and O–H groups in total. The van der Waals surface area contributed by atoms with E-state index in [0.717, 1.165) is 21.4 Å². The Morgan fingerprint density at radius 3 is 2.62 bits per heavy atom. The van der Waals surface area contributed by atoms with E-state index >= 15 is 0 Å². The first kappa shape index (κ1) is 15.4. The summed E-state index contributed by atoms with van der Waals surface area (Å²) in [7, 11) is 3.79. The van der Waals surface area contributed by atoms with E-state index in [1.807, 2.05) is 50.2 Å². The van der Waals surface area contributed by atoms with Crippen molar-refractivity contribution >= 4 is 38.9 Å². The third-order valence-electron chi connectivity index (χ3n) is 3.26. The van der Waals surface area contributed by atoms with Crippen LogP contribution in [0.3, 0.4) is 0 Å². The highest BCUT2D eigenvalue weighted by atomic mass is 79.9. The number of amides is 1. The lowest BCUT2D eigenvalue weighted by atomic mass is 10.1. The lowest BCUT2D eigenvalue weighted by Crippen LogP contribution is -2.19. The largest absolute Gasteiger partial charge is 0.399 e. The van der Waals surface area contributed by atoms with Crippen molar-refractivity contribution in [2.45, 2.75) is 6.92 Å². The van der Waals surface area contributed by atoms with E-state index in [1.54, 1.807) is 12.1 Å². The number of benzene rings is 2. The minimum absolute atomic E-state index is 0.174. The number of carbonyl (C=O) groups is 1. The Balaban J connectivity index is 2.37. The molecule has 0 saturated heterocycles. The first-order chi connectivity index (χ1) is 9.90. The Hall–Kier alpha value is -2.01. The molecule has 0 radical (unpaired) electrons. The first-order valence-corrected chi connectivity index (χ1v) is 7.32. The van der Waals surface area contributed by atoms with Gasteiger partial charge in [-0.05, 0) is 42.8 Å². The molecule has 0 saturated carbocycles. The smallest absolute Gasteiger partial charge is 0.257 e. The Bertz CT molecular complexity index is 683. The second-order valence-corrected chi connectivity index (χ2v) is 5.89. The third-order valence-corrected chi connectivity index (χ3v) is 4.12. The van der Waals surface area contributed by atoms with Crippen LogP contribution < -0.4 is 16.0 Å². The summed E-state index contributed by atoms with van der Waals surface area (Å²) < 4.78 is 0.959. The molecule has 0 fully saturated rings. The van der Waals surface area contributed by atoms with Gasteiger partial charge in [-0.15, -0.1) is 0 Å². The highest BCUT2D eigenvalue weighted by Gasteiger charge is 2.15. The van der Waals surface area contributed by atoms with Gasteiger partial charge < -0.3 is 16.0 Å². The van der Waals surface area contributed by atoms with Crippen LogP contribution in [-0.4, -0.2) is 20.0 Å². The molecule has 0 unspecified atom stereocenters. The van der Waals surface area contributed by atoms with Gasteiger partial charge >= 0.3 is 0 Å². The summed E-state index contributed by atoms with van der Waals surface area (Å²) in [6.07, 6.45) is 0. The van der Waals surface area contributed by atoms with E-state index in [9.17, 15) is 4.79 Å². The summed E-state index contributed by atoms with van der Waals surface area (Å²) in [5, 5.41) is 2.94. The van der Waals surface area contributed by atoms with Gasteiger partial charge in [-0.25, -0.2) is 0 Å². The molecule has 0 aliphatic heterocycles. The monoisotopic (exact) mass is 347 g/mol. The number of nitrogens with zero attached hydrogens (tertiary/aromatic N) is 1. The molecule has 0 heterocycles. The number of rotatable bonds is 3. The predicted octanol–water partition coefficient (Wildman–Crippen LogP) is 3.66. The maximum atomic E-state index is 12.5. The topological polar surface area (TPSA) is 58.4 Å². The molecule has 4 nitrogen and oxygen atoms in total. The van der Waals surface area contributed by atoms with Crippen molar-refractivity contribution in [2.24, 2.45) is 0 Å². The van der Waals surface area contributed by atoms with Crippen LogP contribution >= 0.6 is 15.9 Å². The number of nitrogens with one attached hydrogen (secondary N) is 1. The van der Waals surface area contributed by atoms with Gasteiger partial charge in [-0.2, -0.15) is 0 Å². The fourth-order valence-electron chi connectivity index (χ4n) is 2.06. The van der Waals surface area contributed by atoms with Crippen LogP contribution in [-0.2, 0) is 0 Å². The summed E-state index contributed by atoms with van der Waals surface area (Å²) in [4.78, 5) is 14.4. The SMILES string of the molecule is Cc1c(Br)cccc1NC(=O)c1cc(N)ccc1N(C)C. The molecule has 2 aromatic carbocycles. The van der Waals surface area contributed by atoms with E-state index in [4.69, 9.17) is 5.73 Å². The van der Waals surface area contributed by atoms with Crippen LogP contribution in [0.25, 0.3) is 0 Å². The van der Waals surface area contributed by atoms with Crippen molar-refractivity contribution in [3.8, 4) is 0 Å². The van der Waals surface area contributed by atoms with Crippen molar-refractivity contribution in [1.82, 2.24) is 0 Å². The third kappa shape index (κ3) is 3.36. The van der Waals surface area contributed by atoms with Gasteiger partial charge in [0.15, 0.2) is 0 Å². The van der Waals surface area contributed by atoms with Crippen molar-refractivity contribution in [1.29, 1.82) is 0 Å². The molecule has 2 rings (SSSR count). The summed E-state index contributed by atoms with van der Waals surface area (Å²) in [6, 6.07) is 11.0. The van der Waals surface area contributed by atoms with Crippen molar-refractivity contribution in [2.75, 3.05) is 30.0 Å². The van der Waals surface area contributed by atoms with Gasteiger partial charge in [0, 0.05) is 35.6 Å². The van der Waals surface area contributed by atoms with Gasteiger partial charge in [-0.3, -0.25) is 4.79 Å². The van der Waals surface area contributed by atoms with Crippen LogP contribution in [0, 0.1) is 6.92 Å². The molecule has 0 aliphatic rings. The van der Waals surface area contributed by atoms with Crippen LogP contribution in [0.2, 0.25) is 0 Å². The zero-order chi connectivity index (χ0) is 15.6. The lowest BCUT2D eigenvalue weighted by Gasteiger charge is -2.18. The Kier molecular flexibility index (Phi) is 4.53. The number of nitrogens with two attached hydrogens (primary N) is 1. The molecule has 21 heavy (non-hydrogen) atoms. The van der Waals surface area contributed by atoms with E-state index in [0.29, 0.717) is 11.3 Å². The van der Waals surface area contributed by atoms with E-state index in [-0.39, 0.29) is 5.91 Å². The summed E-state index contributed by atoms with van der Waals surface area (Å²) in [5.41, 5.74) is 9.52. The minimum atomic E-state index is -0.174. The maximum Gasteiger partial charge on any atom is 0.257 e. The van der Waals surface area contributed by atoms with E-state index in [2.05, 4.69) is 21.2 Å². The molecule has 1 amide bonds. The van der Waals surface area contributed by atoms with Gasteiger partial charge in [0.05, 0.1) is 5.56 Å². The summed E-state index contributed by atoms with van der Waals surface area (Å²) in [6.45, 7) is 1.95. The second-order valence-electron chi connectivity index (χ2n) is 5.04. The van der Waals surface area contributed by atoms with Gasteiger partial charge in [0.2, 0.25) is 0 Å². The molecule has 0 aliphatic carbocycles. The van der Waals surface area contributed by atoms with Gasteiger partial charge in [-0.1, -0.05) is 22.0 Å². The van der Waals surface area contributed by atoms with E-state index in [1.165, 1.54) is 0 Å². The minimum Gasteiger partial charge on any atom is -0.399 e. The molecule has 2 aromatic rings. The Morgan fingerprint density at radius 1 is 1.24 bits per heavy atom. The summed E-state index contributed by atoms with van der Waals surface area (Å²) >= 11 is 3.46. The highest BCUT2D eigenvalue weighted by Crippen LogP contribution is 2.26. The molecule has 5 heteroatoms. The fourth-order valence-corrected chi connectivity index (χ4v) is 2.42.